The summed E-state index contributed by atoms with van der Waals surface area (Å²) in [6.07, 6.45) is 1.26. The fourth-order valence-corrected chi connectivity index (χ4v) is 3.53. The molecule has 0 aliphatic rings. The molecule has 0 radical (unpaired) electrons. The molecule has 0 saturated carbocycles. The van der Waals surface area contributed by atoms with Crippen LogP contribution in [0.3, 0.4) is 0 Å². The van der Waals surface area contributed by atoms with Gasteiger partial charge < -0.3 is 4.43 Å². The monoisotopic (exact) mass is 228 g/mol. The molecule has 0 saturated heterocycles. The first-order valence-corrected chi connectivity index (χ1v) is 9.13. The molecule has 14 heavy (non-hydrogen) atoms. The summed E-state index contributed by atoms with van der Waals surface area (Å²) in [5.41, 5.74) is 0. The first kappa shape index (κ1) is 11.9. The summed E-state index contributed by atoms with van der Waals surface area (Å²) < 4.78 is 5.55. The Morgan fingerprint density at radius 2 is 2.21 bits per heavy atom. The van der Waals surface area contributed by atoms with Crippen LogP contribution in [0, 0.1) is 0 Å². The van der Waals surface area contributed by atoms with Gasteiger partial charge in [0.2, 0.25) is 0 Å². The minimum atomic E-state index is -1.35. The van der Waals surface area contributed by atoms with Crippen LogP contribution in [0.1, 0.15) is 24.1 Å². The molecule has 0 N–H and O–H groups in total. The average molecular weight is 228 g/mol. The normalized spacial score (nSPS) is 14.3. The highest BCUT2D eigenvalue weighted by Crippen LogP contribution is 2.27. The molecule has 1 unspecified atom stereocenters. The Morgan fingerprint density at radius 1 is 1.50 bits per heavy atom. The minimum Gasteiger partial charge on any atom is -0.420 e. The summed E-state index contributed by atoms with van der Waals surface area (Å²) in [6.45, 7) is 6.88. The standard InChI is InChI=1S/C11H20OSSi/c1-10(11-6-5-8-13-11)7-9-14(3,4)12-2/h5-6,8,10H,7,9H2,1-4H3. The van der Waals surface area contributed by atoms with Crippen molar-refractivity contribution in [1.82, 2.24) is 0 Å². The Morgan fingerprint density at radius 3 is 2.71 bits per heavy atom. The zero-order chi connectivity index (χ0) is 10.6. The molecular weight excluding hydrogens is 208 g/mol. The molecule has 1 nitrogen and oxygen atoms in total. The van der Waals surface area contributed by atoms with Crippen molar-refractivity contribution in [1.29, 1.82) is 0 Å². The van der Waals surface area contributed by atoms with Crippen molar-refractivity contribution in [2.24, 2.45) is 0 Å². The Labute approximate surface area is 92.2 Å². The largest absolute Gasteiger partial charge is 0.420 e. The van der Waals surface area contributed by atoms with Crippen molar-refractivity contribution in [3.8, 4) is 0 Å². The second-order valence-electron chi connectivity index (χ2n) is 4.42. The van der Waals surface area contributed by atoms with E-state index in [2.05, 4.69) is 37.5 Å². The molecule has 1 rings (SSSR count). The Hall–Kier alpha value is -0.123. The third kappa shape index (κ3) is 3.56. The van der Waals surface area contributed by atoms with Crippen LogP contribution >= 0.6 is 11.3 Å². The van der Waals surface area contributed by atoms with Crippen LogP contribution in [-0.2, 0) is 4.43 Å². The highest BCUT2D eigenvalue weighted by molar-refractivity contribution is 7.10. The molecule has 0 aliphatic carbocycles. The molecule has 0 aromatic carbocycles. The van der Waals surface area contributed by atoms with Gasteiger partial charge in [-0.1, -0.05) is 13.0 Å². The molecule has 1 heterocycles. The summed E-state index contributed by atoms with van der Waals surface area (Å²) in [7, 11) is 0.501. The second kappa shape index (κ2) is 5.10. The van der Waals surface area contributed by atoms with Crippen molar-refractivity contribution in [2.75, 3.05) is 7.11 Å². The maximum atomic E-state index is 5.55. The van der Waals surface area contributed by atoms with E-state index in [0.29, 0.717) is 5.92 Å². The predicted molar refractivity (Wildman–Crippen MR) is 66.6 cm³/mol. The van der Waals surface area contributed by atoms with E-state index in [1.54, 1.807) is 0 Å². The van der Waals surface area contributed by atoms with Crippen LogP contribution in [0.25, 0.3) is 0 Å². The Kier molecular flexibility index (Phi) is 4.35. The van der Waals surface area contributed by atoms with Crippen LogP contribution in [0.2, 0.25) is 19.1 Å². The van der Waals surface area contributed by atoms with Crippen LogP contribution < -0.4 is 0 Å². The zero-order valence-corrected chi connectivity index (χ0v) is 11.4. The van der Waals surface area contributed by atoms with Crippen LogP contribution in [-0.4, -0.2) is 15.4 Å². The van der Waals surface area contributed by atoms with Gasteiger partial charge in [0, 0.05) is 12.0 Å². The van der Waals surface area contributed by atoms with E-state index in [1.807, 2.05) is 18.4 Å². The van der Waals surface area contributed by atoms with E-state index >= 15 is 0 Å². The van der Waals surface area contributed by atoms with Gasteiger partial charge in [0.1, 0.15) is 0 Å². The fraction of sp³-hybridized carbons (Fsp3) is 0.636. The highest BCUT2D eigenvalue weighted by atomic mass is 32.1. The third-order valence-corrected chi connectivity index (χ3v) is 6.46. The van der Waals surface area contributed by atoms with E-state index in [4.69, 9.17) is 4.43 Å². The SMILES string of the molecule is CO[Si](C)(C)CCC(C)c1cccs1. The lowest BCUT2D eigenvalue weighted by molar-refractivity contribution is 0.400. The van der Waals surface area contributed by atoms with Gasteiger partial charge >= 0.3 is 0 Å². The first-order valence-electron chi connectivity index (χ1n) is 5.14. The summed E-state index contributed by atoms with van der Waals surface area (Å²) in [5.74, 6) is 0.692. The smallest absolute Gasteiger partial charge is 0.186 e. The van der Waals surface area contributed by atoms with Gasteiger partial charge in [-0.05, 0) is 42.9 Å². The molecule has 0 bridgehead atoms. The van der Waals surface area contributed by atoms with Gasteiger partial charge in [-0.2, -0.15) is 0 Å². The van der Waals surface area contributed by atoms with E-state index in [1.165, 1.54) is 17.3 Å². The number of hydrogen-bond acceptors (Lipinski definition) is 2. The van der Waals surface area contributed by atoms with Gasteiger partial charge in [-0.15, -0.1) is 11.3 Å². The quantitative estimate of drug-likeness (QED) is 0.690. The lowest BCUT2D eigenvalue weighted by atomic mass is 10.1. The molecule has 0 aliphatic heterocycles. The lowest BCUT2D eigenvalue weighted by Crippen LogP contribution is -2.28. The lowest BCUT2D eigenvalue weighted by Gasteiger charge is -2.21. The number of hydrogen-bond donors (Lipinski definition) is 0. The molecule has 1 aromatic heterocycles. The molecule has 1 aromatic rings. The molecular formula is C11H20OSSi. The van der Waals surface area contributed by atoms with E-state index in [0.717, 1.165) is 0 Å². The van der Waals surface area contributed by atoms with Crippen molar-refractivity contribution in [2.45, 2.75) is 38.4 Å². The molecule has 0 spiro atoms. The number of rotatable bonds is 5. The topological polar surface area (TPSA) is 9.23 Å². The van der Waals surface area contributed by atoms with Crippen LogP contribution in [0.5, 0.6) is 0 Å². The number of thiophene rings is 1. The molecule has 3 heteroatoms. The van der Waals surface area contributed by atoms with E-state index < -0.39 is 8.32 Å². The average Bonchev–Trinajstić information content (AvgIpc) is 2.67. The third-order valence-electron chi connectivity index (χ3n) is 2.76. The second-order valence-corrected chi connectivity index (χ2v) is 9.83. The fourth-order valence-electron chi connectivity index (χ4n) is 1.38. The van der Waals surface area contributed by atoms with E-state index in [9.17, 15) is 0 Å². The molecule has 0 fully saturated rings. The van der Waals surface area contributed by atoms with Crippen molar-refractivity contribution in [3.05, 3.63) is 22.4 Å². The first-order chi connectivity index (χ1) is 6.55. The van der Waals surface area contributed by atoms with Gasteiger partial charge in [-0.3, -0.25) is 0 Å². The Balaban J connectivity index is 2.39. The maximum Gasteiger partial charge on any atom is 0.186 e. The van der Waals surface area contributed by atoms with Crippen LogP contribution in [0.15, 0.2) is 17.5 Å². The van der Waals surface area contributed by atoms with Crippen molar-refractivity contribution < 1.29 is 4.43 Å². The maximum absolute atomic E-state index is 5.55. The zero-order valence-electron chi connectivity index (χ0n) is 9.54. The van der Waals surface area contributed by atoms with Gasteiger partial charge in [0.25, 0.3) is 0 Å². The molecule has 80 valence electrons. The Bertz CT molecular complexity index is 256. The highest BCUT2D eigenvalue weighted by Gasteiger charge is 2.21. The minimum absolute atomic E-state index is 0.692. The van der Waals surface area contributed by atoms with E-state index in [-0.39, 0.29) is 0 Å². The van der Waals surface area contributed by atoms with Crippen molar-refractivity contribution >= 4 is 19.7 Å². The van der Waals surface area contributed by atoms with Gasteiger partial charge in [0.05, 0.1) is 0 Å². The summed E-state index contributed by atoms with van der Waals surface area (Å²) in [4.78, 5) is 1.51. The van der Waals surface area contributed by atoms with Gasteiger partial charge in [0.15, 0.2) is 8.32 Å². The summed E-state index contributed by atoms with van der Waals surface area (Å²) >= 11 is 1.86. The van der Waals surface area contributed by atoms with Gasteiger partial charge in [-0.25, -0.2) is 0 Å². The summed E-state index contributed by atoms with van der Waals surface area (Å²) in [6, 6.07) is 5.62. The molecule has 1 atom stereocenters. The predicted octanol–water partition coefficient (Wildman–Crippen LogP) is 4.09. The van der Waals surface area contributed by atoms with Crippen molar-refractivity contribution in [3.63, 3.8) is 0 Å². The summed E-state index contributed by atoms with van der Waals surface area (Å²) in [5, 5.41) is 2.16. The van der Waals surface area contributed by atoms with Crippen LogP contribution in [0.4, 0.5) is 0 Å². The molecule has 0 amide bonds.